The quantitative estimate of drug-likeness (QED) is 0.0373. The molecule has 0 fully saturated rings. The van der Waals surface area contributed by atoms with E-state index in [-0.39, 0.29) is 0 Å². The van der Waals surface area contributed by atoms with Gasteiger partial charge in [0, 0.05) is 25.7 Å². The number of unbranched alkanes of at least 4 members (excludes halogenated alkanes) is 51. The first-order valence-electron chi connectivity index (χ1n) is 37.6. The number of rotatable bonds is 73. The fourth-order valence-corrected chi connectivity index (χ4v) is 15.1. The van der Waals surface area contributed by atoms with Gasteiger partial charge < -0.3 is 23.1 Å². The molecule has 0 aromatic rings. The van der Waals surface area contributed by atoms with Gasteiger partial charge in [0.25, 0.3) is 0 Å². The molecule has 0 rings (SSSR count). The minimum absolute atomic E-state index is 0.730. The van der Waals surface area contributed by atoms with E-state index >= 15 is 0 Å². The zero-order valence-electron chi connectivity index (χ0n) is 56.1. The highest BCUT2D eigenvalue weighted by molar-refractivity contribution is 7.80. The Morgan fingerprint density at radius 1 is 0.212 bits per heavy atom. The molecule has 0 radical (unpaired) electrons. The van der Waals surface area contributed by atoms with Crippen LogP contribution >= 0.6 is 12.6 Å². The Bertz CT molecular complexity index is 997. The predicted octanol–water partition coefficient (Wildman–Crippen LogP) is 24.8. The Hall–Kier alpha value is 0.367. The second kappa shape index (κ2) is 70.1. The maximum Gasteiger partial charge on any atom is 0.501 e. The van der Waals surface area contributed by atoms with Gasteiger partial charge in [0.2, 0.25) is 0 Å². The first kappa shape index (κ1) is 80.4. The molecule has 0 spiro atoms. The molecule has 0 aromatic carbocycles. The number of hydrogen-bond donors (Lipinski definition) is 1. The molecule has 0 aliphatic rings. The summed E-state index contributed by atoms with van der Waals surface area (Å²) in [5.41, 5.74) is 0. The summed E-state index contributed by atoms with van der Waals surface area (Å²) < 4.78 is 21.5. The number of nitrogens with zero attached hydrogens (tertiary/aromatic N) is 2. The van der Waals surface area contributed by atoms with E-state index in [1.54, 1.807) is 0 Å². The molecule has 0 N–H and O–H groups in total. The van der Waals surface area contributed by atoms with Crippen molar-refractivity contribution in [3.63, 3.8) is 0 Å². The van der Waals surface area contributed by atoms with Crippen molar-refractivity contribution < 1.29 is 13.3 Å². The van der Waals surface area contributed by atoms with Crippen molar-refractivity contribution in [1.82, 2.24) is 9.80 Å². The molecule has 0 saturated heterocycles. The summed E-state index contributed by atoms with van der Waals surface area (Å²) in [6.07, 6.45) is 79.1. The molecule has 0 atom stereocenters. The predicted molar refractivity (Wildman–Crippen MR) is 367 cm³/mol. The van der Waals surface area contributed by atoms with Gasteiger partial charge >= 0.3 is 8.80 Å². The van der Waals surface area contributed by atoms with Crippen LogP contribution in [-0.2, 0) is 13.3 Å². The van der Waals surface area contributed by atoms with Crippen molar-refractivity contribution in [2.45, 2.75) is 407 Å². The zero-order valence-corrected chi connectivity index (χ0v) is 58.0. The van der Waals surface area contributed by atoms with Crippen LogP contribution in [0.25, 0.3) is 0 Å². The van der Waals surface area contributed by atoms with E-state index in [0.717, 1.165) is 57.5 Å². The lowest BCUT2D eigenvalue weighted by Gasteiger charge is -2.32. The third-order valence-corrected chi connectivity index (χ3v) is 20.9. The summed E-state index contributed by atoms with van der Waals surface area (Å²) in [6, 6.07) is 0.892. The van der Waals surface area contributed by atoms with Crippen LogP contribution in [-0.4, -0.2) is 83.4 Å². The standard InChI is InChI=1S/C73H152N2O3SSi/c1-6-11-16-21-26-31-36-37-38-39-40-41-46-51-56-61-69-76-80(73-62-72-79,77-70-67-74(63-57-52-47-42-32-27-22-17-12-7-2)64-58-53-48-43-33-28-23-18-13-8-3)78-71-68-75(65-59-54-49-44-34-29-24-19-14-9-4)66-60-55-50-45-35-30-25-20-15-10-5/h79H,6-73H2,1-5H3. The largest absolute Gasteiger partial charge is 0.501 e. The summed E-state index contributed by atoms with van der Waals surface area (Å²) in [7, 11) is -2.92. The highest BCUT2D eigenvalue weighted by Crippen LogP contribution is 2.23. The lowest BCUT2D eigenvalue weighted by Crippen LogP contribution is -2.49. The van der Waals surface area contributed by atoms with E-state index in [1.165, 1.54) is 379 Å². The van der Waals surface area contributed by atoms with Crippen molar-refractivity contribution in [3.05, 3.63) is 0 Å². The minimum Gasteiger partial charge on any atom is -0.373 e. The second-order valence-corrected chi connectivity index (χ2v) is 28.9. The second-order valence-electron chi connectivity index (χ2n) is 25.8. The van der Waals surface area contributed by atoms with Crippen LogP contribution in [0.3, 0.4) is 0 Å². The van der Waals surface area contributed by atoms with E-state index in [2.05, 4.69) is 44.4 Å². The van der Waals surface area contributed by atoms with Crippen LogP contribution in [0.4, 0.5) is 0 Å². The third kappa shape index (κ3) is 61.5. The van der Waals surface area contributed by atoms with E-state index in [1.807, 2.05) is 0 Å². The highest BCUT2D eigenvalue weighted by atomic mass is 32.1. The molecular formula is C73H152N2O3SSi. The summed E-state index contributed by atoms with van der Waals surface area (Å²) in [4.78, 5) is 5.53. The Morgan fingerprint density at radius 3 is 0.613 bits per heavy atom. The van der Waals surface area contributed by atoms with Crippen LogP contribution in [0.15, 0.2) is 0 Å². The van der Waals surface area contributed by atoms with Crippen LogP contribution in [0.5, 0.6) is 0 Å². The molecule has 0 aliphatic heterocycles. The molecule has 0 saturated carbocycles. The van der Waals surface area contributed by atoms with Gasteiger partial charge in [-0.2, -0.15) is 12.6 Å². The van der Waals surface area contributed by atoms with Gasteiger partial charge in [0.05, 0.1) is 13.2 Å². The molecule has 0 unspecified atom stereocenters. The lowest BCUT2D eigenvalue weighted by atomic mass is 10.0. The van der Waals surface area contributed by atoms with Crippen molar-refractivity contribution in [3.8, 4) is 0 Å². The fourth-order valence-electron chi connectivity index (χ4n) is 12.1. The van der Waals surface area contributed by atoms with Crippen molar-refractivity contribution in [2.24, 2.45) is 0 Å². The topological polar surface area (TPSA) is 34.2 Å². The van der Waals surface area contributed by atoms with Gasteiger partial charge in [-0.25, -0.2) is 0 Å². The van der Waals surface area contributed by atoms with Gasteiger partial charge in [0.15, 0.2) is 0 Å². The highest BCUT2D eigenvalue weighted by Gasteiger charge is 2.41. The van der Waals surface area contributed by atoms with Gasteiger partial charge in [-0.1, -0.05) is 362 Å². The SMILES string of the molecule is CCCCCCCCCCCCCCCCCCO[Si](CCCS)(OCCN(CCCCCCCCCCCC)CCCCCCCCCCCC)OCCN(CCCCCCCCCCCC)CCCCCCCCCCCC. The van der Waals surface area contributed by atoms with Crippen LogP contribution in [0.1, 0.15) is 401 Å². The average molecular weight is 1170 g/mol. The van der Waals surface area contributed by atoms with Gasteiger partial charge in [-0.15, -0.1) is 0 Å². The molecule has 482 valence electrons. The van der Waals surface area contributed by atoms with E-state index in [0.29, 0.717) is 0 Å². The summed E-state index contributed by atoms with van der Waals surface area (Å²) in [5, 5.41) is 0. The smallest absolute Gasteiger partial charge is 0.373 e. The summed E-state index contributed by atoms with van der Waals surface area (Å²) in [5.74, 6) is 0.858. The minimum atomic E-state index is -2.92. The van der Waals surface area contributed by atoms with Gasteiger partial charge in [0.1, 0.15) is 0 Å². The van der Waals surface area contributed by atoms with Gasteiger partial charge in [-0.3, -0.25) is 0 Å². The monoisotopic (exact) mass is 1170 g/mol. The van der Waals surface area contributed by atoms with Crippen molar-refractivity contribution in [1.29, 1.82) is 0 Å². The van der Waals surface area contributed by atoms with Gasteiger partial charge in [-0.05, 0) is 70.5 Å². The Morgan fingerprint density at radius 2 is 0.400 bits per heavy atom. The lowest BCUT2D eigenvalue weighted by molar-refractivity contribution is 0.0428. The molecule has 0 aliphatic carbocycles. The molecule has 7 heteroatoms. The first-order valence-corrected chi connectivity index (χ1v) is 40.1. The normalized spacial score (nSPS) is 12.2. The Balaban J connectivity index is 5.75. The summed E-state index contributed by atoms with van der Waals surface area (Å²) >= 11 is 4.78. The van der Waals surface area contributed by atoms with Crippen molar-refractivity contribution >= 4 is 21.4 Å². The zero-order chi connectivity index (χ0) is 57.9. The molecular weight excluding hydrogens is 1010 g/mol. The molecule has 5 nitrogen and oxygen atoms in total. The molecule has 0 heterocycles. The number of hydrogen-bond acceptors (Lipinski definition) is 6. The molecule has 0 aromatic heterocycles. The van der Waals surface area contributed by atoms with E-state index in [4.69, 9.17) is 25.9 Å². The van der Waals surface area contributed by atoms with Crippen LogP contribution in [0, 0.1) is 0 Å². The summed E-state index contributed by atoms with van der Waals surface area (Å²) in [6.45, 7) is 20.7. The Labute approximate surface area is 513 Å². The van der Waals surface area contributed by atoms with E-state index < -0.39 is 8.80 Å². The maximum atomic E-state index is 7.21. The average Bonchev–Trinajstić information content (AvgIpc) is 3.47. The van der Waals surface area contributed by atoms with E-state index in [9.17, 15) is 0 Å². The molecule has 0 bridgehead atoms. The first-order chi connectivity index (χ1) is 39.6. The molecule has 80 heavy (non-hydrogen) atoms. The van der Waals surface area contributed by atoms with Crippen molar-refractivity contribution in [2.75, 3.05) is 64.8 Å². The third-order valence-electron chi connectivity index (χ3n) is 17.7. The Kier molecular flexibility index (Phi) is 70.5. The van der Waals surface area contributed by atoms with Crippen LogP contribution in [0.2, 0.25) is 6.04 Å². The fraction of sp³-hybridized carbons (Fsp3) is 1.00. The van der Waals surface area contributed by atoms with Crippen LogP contribution < -0.4 is 0 Å². The number of thiol groups is 1. The molecule has 0 amide bonds. The maximum absolute atomic E-state index is 7.21.